The fraction of sp³-hybridized carbons (Fsp3) is 0.600. The number of aromatic nitrogens is 1. The smallest absolute Gasteiger partial charge is 0.253 e. The minimum Gasteiger partial charge on any atom is -0.393 e. The Morgan fingerprint density at radius 2 is 2.20 bits per heavy atom. The molecule has 0 bridgehead atoms. The first kappa shape index (κ1) is 16.4. The molecule has 0 aliphatic carbocycles. The molecule has 5 heteroatoms. The normalized spacial score (nSPS) is 12.1. The van der Waals surface area contributed by atoms with Gasteiger partial charge in [0.1, 0.15) is 5.82 Å². The van der Waals surface area contributed by atoms with E-state index < -0.39 is 6.10 Å². The number of nitrogens with zero attached hydrogens (tertiary/aromatic N) is 2. The highest BCUT2D eigenvalue weighted by Crippen LogP contribution is 2.14. The Labute approximate surface area is 121 Å². The van der Waals surface area contributed by atoms with Gasteiger partial charge in [0.2, 0.25) is 0 Å². The van der Waals surface area contributed by atoms with Gasteiger partial charge in [0.25, 0.3) is 5.91 Å². The zero-order valence-corrected chi connectivity index (χ0v) is 12.8. The number of carbonyl (C=O) groups excluding carboxylic acids is 1. The topological polar surface area (TPSA) is 65.5 Å². The maximum absolute atomic E-state index is 12.4. The average molecular weight is 279 g/mol. The number of amides is 1. The zero-order chi connectivity index (χ0) is 15.1. The van der Waals surface area contributed by atoms with Crippen molar-refractivity contribution in [3.63, 3.8) is 0 Å². The van der Waals surface area contributed by atoms with E-state index >= 15 is 0 Å². The predicted molar refractivity (Wildman–Crippen MR) is 81.0 cm³/mol. The fourth-order valence-electron chi connectivity index (χ4n) is 1.93. The van der Waals surface area contributed by atoms with E-state index in [9.17, 15) is 9.90 Å². The molecule has 2 N–H and O–H groups in total. The quantitative estimate of drug-likeness (QED) is 0.800. The molecule has 1 aromatic rings. The van der Waals surface area contributed by atoms with Crippen LogP contribution in [-0.2, 0) is 6.42 Å². The molecule has 0 fully saturated rings. The van der Waals surface area contributed by atoms with Crippen LogP contribution in [0.2, 0.25) is 0 Å². The van der Waals surface area contributed by atoms with Crippen LogP contribution in [0.1, 0.15) is 42.7 Å². The number of aliphatic hydroxyl groups is 1. The molecule has 20 heavy (non-hydrogen) atoms. The first-order chi connectivity index (χ1) is 9.47. The van der Waals surface area contributed by atoms with Crippen LogP contribution in [0.3, 0.4) is 0 Å². The van der Waals surface area contributed by atoms with E-state index in [4.69, 9.17) is 0 Å². The van der Waals surface area contributed by atoms with Gasteiger partial charge in [-0.3, -0.25) is 4.79 Å². The van der Waals surface area contributed by atoms with Gasteiger partial charge in [-0.15, -0.1) is 0 Å². The molecule has 0 saturated carbocycles. The van der Waals surface area contributed by atoms with Crippen LogP contribution in [0.25, 0.3) is 0 Å². The summed E-state index contributed by atoms with van der Waals surface area (Å²) in [5, 5.41) is 12.3. The molecule has 0 aromatic carbocycles. The molecule has 1 heterocycles. The highest BCUT2D eigenvalue weighted by atomic mass is 16.3. The minimum absolute atomic E-state index is 0.0399. The van der Waals surface area contributed by atoms with E-state index in [1.807, 2.05) is 6.07 Å². The van der Waals surface area contributed by atoms with E-state index in [0.717, 1.165) is 18.5 Å². The second-order valence-electron chi connectivity index (χ2n) is 5.10. The average Bonchev–Trinajstić information content (AvgIpc) is 2.43. The van der Waals surface area contributed by atoms with Crippen LogP contribution < -0.4 is 5.32 Å². The Morgan fingerprint density at radius 3 is 2.75 bits per heavy atom. The fourth-order valence-corrected chi connectivity index (χ4v) is 1.93. The Balaban J connectivity index is 2.87. The van der Waals surface area contributed by atoms with Crippen molar-refractivity contribution >= 4 is 11.7 Å². The first-order valence-corrected chi connectivity index (χ1v) is 7.10. The van der Waals surface area contributed by atoms with Gasteiger partial charge < -0.3 is 15.3 Å². The number of nitrogens with one attached hydrogen (secondary N) is 1. The van der Waals surface area contributed by atoms with Crippen molar-refractivity contribution in [2.24, 2.45) is 0 Å². The van der Waals surface area contributed by atoms with Crippen LogP contribution in [-0.4, -0.2) is 47.6 Å². The van der Waals surface area contributed by atoms with Crippen molar-refractivity contribution < 1.29 is 9.90 Å². The molecular weight excluding hydrogens is 254 g/mol. The molecule has 0 aliphatic rings. The van der Waals surface area contributed by atoms with Crippen LogP contribution in [0.15, 0.2) is 12.1 Å². The van der Waals surface area contributed by atoms with E-state index in [2.05, 4.69) is 17.2 Å². The molecule has 1 amide bonds. The van der Waals surface area contributed by atoms with Gasteiger partial charge in [0.05, 0.1) is 6.10 Å². The Kier molecular flexibility index (Phi) is 6.45. The summed E-state index contributed by atoms with van der Waals surface area (Å²) in [6.45, 7) is 4.35. The number of hydrogen-bond donors (Lipinski definition) is 2. The highest BCUT2D eigenvalue weighted by Gasteiger charge is 2.14. The van der Waals surface area contributed by atoms with Crippen molar-refractivity contribution in [3.8, 4) is 0 Å². The minimum atomic E-state index is -0.397. The molecule has 0 saturated heterocycles. The summed E-state index contributed by atoms with van der Waals surface area (Å²) in [5.74, 6) is 0.671. The number of anilines is 1. The molecule has 0 aliphatic heterocycles. The number of aliphatic hydroxyl groups excluding tert-OH is 1. The summed E-state index contributed by atoms with van der Waals surface area (Å²) < 4.78 is 0. The molecule has 1 rings (SSSR count). The summed E-state index contributed by atoms with van der Waals surface area (Å²) in [6, 6.07) is 3.62. The second kappa shape index (κ2) is 7.85. The monoisotopic (exact) mass is 279 g/mol. The summed E-state index contributed by atoms with van der Waals surface area (Å²) in [4.78, 5) is 18.4. The zero-order valence-electron chi connectivity index (χ0n) is 12.8. The van der Waals surface area contributed by atoms with Gasteiger partial charge in [0, 0.05) is 31.9 Å². The Morgan fingerprint density at radius 1 is 1.50 bits per heavy atom. The van der Waals surface area contributed by atoms with Gasteiger partial charge >= 0.3 is 0 Å². The Hall–Kier alpha value is -1.62. The molecule has 1 unspecified atom stereocenters. The molecule has 5 nitrogen and oxygen atoms in total. The van der Waals surface area contributed by atoms with Crippen LogP contribution in [0.4, 0.5) is 5.82 Å². The maximum Gasteiger partial charge on any atom is 0.253 e. The third-order valence-corrected chi connectivity index (χ3v) is 3.12. The lowest BCUT2D eigenvalue weighted by Gasteiger charge is -2.19. The SMILES string of the molecule is CCCc1cc(C(=O)N(C)CCC(C)O)cc(NC)n1. The van der Waals surface area contributed by atoms with E-state index in [1.54, 1.807) is 32.0 Å². The van der Waals surface area contributed by atoms with E-state index in [-0.39, 0.29) is 5.91 Å². The molecule has 0 spiro atoms. The molecule has 1 aromatic heterocycles. The number of carbonyl (C=O) groups is 1. The number of aryl methyl sites for hydroxylation is 1. The van der Waals surface area contributed by atoms with Gasteiger partial charge in [-0.1, -0.05) is 13.3 Å². The van der Waals surface area contributed by atoms with Crippen LogP contribution in [0.5, 0.6) is 0 Å². The Bertz CT molecular complexity index is 447. The van der Waals surface area contributed by atoms with Crippen molar-refractivity contribution in [2.75, 3.05) is 26.0 Å². The summed E-state index contributed by atoms with van der Waals surface area (Å²) in [5.41, 5.74) is 1.56. The molecule has 112 valence electrons. The van der Waals surface area contributed by atoms with Crippen molar-refractivity contribution in [3.05, 3.63) is 23.4 Å². The number of rotatable bonds is 7. The van der Waals surface area contributed by atoms with Gasteiger partial charge in [0.15, 0.2) is 0 Å². The summed E-state index contributed by atoms with van der Waals surface area (Å²) in [7, 11) is 3.55. The molecule has 1 atom stereocenters. The van der Waals surface area contributed by atoms with E-state index in [1.165, 1.54) is 0 Å². The van der Waals surface area contributed by atoms with Crippen LogP contribution >= 0.6 is 0 Å². The summed E-state index contributed by atoms with van der Waals surface area (Å²) in [6.07, 6.45) is 2.03. The third kappa shape index (κ3) is 4.81. The lowest BCUT2D eigenvalue weighted by atomic mass is 10.1. The molecule has 0 radical (unpaired) electrons. The van der Waals surface area contributed by atoms with Crippen molar-refractivity contribution in [2.45, 2.75) is 39.2 Å². The lowest BCUT2D eigenvalue weighted by molar-refractivity contribution is 0.0768. The van der Waals surface area contributed by atoms with Gasteiger partial charge in [-0.25, -0.2) is 4.98 Å². The second-order valence-corrected chi connectivity index (χ2v) is 5.10. The highest BCUT2D eigenvalue weighted by molar-refractivity contribution is 5.94. The van der Waals surface area contributed by atoms with Crippen molar-refractivity contribution in [1.29, 1.82) is 0 Å². The first-order valence-electron chi connectivity index (χ1n) is 7.10. The summed E-state index contributed by atoms with van der Waals surface area (Å²) >= 11 is 0. The standard InChI is InChI=1S/C15H25N3O2/c1-5-6-13-9-12(10-14(16-3)17-13)15(20)18(4)8-7-11(2)19/h9-11,19H,5-8H2,1-4H3,(H,16,17). The molecular formula is C15H25N3O2. The van der Waals surface area contributed by atoms with Crippen molar-refractivity contribution in [1.82, 2.24) is 9.88 Å². The largest absolute Gasteiger partial charge is 0.393 e. The van der Waals surface area contributed by atoms with Crippen LogP contribution in [0, 0.1) is 0 Å². The van der Waals surface area contributed by atoms with Gasteiger partial charge in [-0.05, 0) is 31.9 Å². The number of hydrogen-bond acceptors (Lipinski definition) is 4. The van der Waals surface area contributed by atoms with E-state index in [0.29, 0.717) is 24.3 Å². The lowest BCUT2D eigenvalue weighted by Crippen LogP contribution is -2.29. The predicted octanol–water partition coefficient (Wildman–Crippen LogP) is 1.92. The third-order valence-electron chi connectivity index (χ3n) is 3.12. The number of pyridine rings is 1. The van der Waals surface area contributed by atoms with Gasteiger partial charge in [-0.2, -0.15) is 0 Å². The maximum atomic E-state index is 12.4.